The first kappa shape index (κ1) is 24.9. The Morgan fingerprint density at radius 2 is 1.94 bits per heavy atom. The number of carbonyl (C=O) groups excluding carboxylic acids is 1. The van der Waals surface area contributed by atoms with Crippen molar-refractivity contribution in [3.8, 4) is 0 Å². The highest BCUT2D eigenvalue weighted by molar-refractivity contribution is 7.80. The highest BCUT2D eigenvalue weighted by Gasteiger charge is 2.42. The van der Waals surface area contributed by atoms with Crippen molar-refractivity contribution in [2.24, 2.45) is 10.9 Å². The number of nitrogens with zero attached hydrogens (tertiary/aromatic N) is 3. The number of aliphatic imine (C=N–C) groups is 1. The minimum absolute atomic E-state index is 0.00184. The molecule has 0 radical (unpaired) electrons. The van der Waals surface area contributed by atoms with Crippen LogP contribution in [-0.4, -0.2) is 57.4 Å². The summed E-state index contributed by atoms with van der Waals surface area (Å²) in [5, 5.41) is 15.6. The number of benzene rings is 1. The monoisotopic (exact) mass is 455 g/mol. The van der Waals surface area contributed by atoms with Crippen molar-refractivity contribution in [2.75, 3.05) is 19.4 Å². The number of carboxylic acid groups (broad SMARTS) is 1. The van der Waals surface area contributed by atoms with Crippen molar-refractivity contribution in [3.63, 3.8) is 0 Å². The van der Waals surface area contributed by atoms with Crippen LogP contribution in [0.25, 0.3) is 0 Å². The predicted molar refractivity (Wildman–Crippen MR) is 130 cm³/mol. The summed E-state index contributed by atoms with van der Waals surface area (Å²) >= 11 is 5.12. The summed E-state index contributed by atoms with van der Waals surface area (Å²) < 4.78 is 0. The van der Waals surface area contributed by atoms with E-state index in [0.717, 1.165) is 10.8 Å². The van der Waals surface area contributed by atoms with Crippen LogP contribution in [0, 0.1) is 12.8 Å². The molecule has 1 aromatic carbocycles. The molecule has 1 unspecified atom stereocenters. The van der Waals surface area contributed by atoms with E-state index in [9.17, 15) is 9.59 Å². The lowest BCUT2D eigenvalue weighted by Gasteiger charge is -2.21. The third-order valence-electron chi connectivity index (χ3n) is 5.10. The number of nitrogens with one attached hydrogen (secondary N) is 2. The zero-order valence-electron chi connectivity index (χ0n) is 19.1. The van der Waals surface area contributed by atoms with Crippen molar-refractivity contribution >= 4 is 40.7 Å². The number of amidine groups is 1. The van der Waals surface area contributed by atoms with Gasteiger partial charge in [0, 0.05) is 26.0 Å². The van der Waals surface area contributed by atoms with Crippen molar-refractivity contribution in [1.82, 2.24) is 15.2 Å². The molecule has 8 nitrogen and oxygen atoms in total. The van der Waals surface area contributed by atoms with E-state index >= 15 is 0 Å². The summed E-state index contributed by atoms with van der Waals surface area (Å²) in [6, 6.07) is 11.1. The Balaban J connectivity index is 0.000000244. The molecule has 1 atom stereocenters. The Morgan fingerprint density at radius 3 is 2.47 bits per heavy atom. The van der Waals surface area contributed by atoms with Gasteiger partial charge in [-0.15, -0.1) is 0 Å². The summed E-state index contributed by atoms with van der Waals surface area (Å²) in [5.41, 5.74) is 1.59. The van der Waals surface area contributed by atoms with Gasteiger partial charge in [0.25, 0.3) is 5.91 Å². The van der Waals surface area contributed by atoms with Gasteiger partial charge in [0.05, 0.1) is 5.56 Å². The molecule has 32 heavy (non-hydrogen) atoms. The first-order valence-electron chi connectivity index (χ1n) is 10.1. The number of anilines is 1. The number of amides is 1. The summed E-state index contributed by atoms with van der Waals surface area (Å²) in [4.78, 5) is 33.4. The first-order valence-corrected chi connectivity index (χ1v) is 10.5. The van der Waals surface area contributed by atoms with Crippen LogP contribution in [0.2, 0.25) is 0 Å². The van der Waals surface area contributed by atoms with E-state index in [-0.39, 0.29) is 28.9 Å². The highest BCUT2D eigenvalue weighted by Crippen LogP contribution is 2.27. The number of hydrogen-bond acceptors (Lipinski definition) is 5. The van der Waals surface area contributed by atoms with Crippen molar-refractivity contribution in [1.29, 1.82) is 0 Å². The van der Waals surface area contributed by atoms with Gasteiger partial charge in [-0.2, -0.15) is 0 Å². The van der Waals surface area contributed by atoms with E-state index in [4.69, 9.17) is 17.3 Å². The lowest BCUT2D eigenvalue weighted by molar-refractivity contribution is -0.124. The molecule has 0 saturated carbocycles. The summed E-state index contributed by atoms with van der Waals surface area (Å²) in [7, 11) is 3.84. The quantitative estimate of drug-likeness (QED) is 0.607. The minimum atomic E-state index is -1.10. The third kappa shape index (κ3) is 5.88. The molecule has 0 bridgehead atoms. The van der Waals surface area contributed by atoms with Gasteiger partial charge >= 0.3 is 5.97 Å². The topological polar surface area (TPSA) is 107 Å². The van der Waals surface area contributed by atoms with E-state index in [1.54, 1.807) is 6.92 Å². The molecule has 2 heterocycles. The number of aryl methyl sites for hydroxylation is 1. The summed E-state index contributed by atoms with van der Waals surface area (Å²) in [6.07, 6.45) is 1.47. The van der Waals surface area contributed by atoms with Gasteiger partial charge in [0.2, 0.25) is 0 Å². The molecule has 3 rings (SSSR count). The Hall–Kier alpha value is -3.33. The smallest absolute Gasteiger partial charge is 0.338 e. The van der Waals surface area contributed by atoms with Crippen LogP contribution in [0.4, 0.5) is 5.69 Å². The molecule has 3 N–H and O–H groups in total. The number of rotatable bonds is 4. The van der Waals surface area contributed by atoms with Crippen molar-refractivity contribution in [2.45, 2.75) is 33.2 Å². The minimum Gasteiger partial charge on any atom is -0.478 e. The maximum Gasteiger partial charge on any atom is 0.338 e. The van der Waals surface area contributed by atoms with E-state index in [1.807, 2.05) is 45.0 Å². The Kier molecular flexibility index (Phi) is 8.04. The van der Waals surface area contributed by atoms with E-state index in [1.165, 1.54) is 23.9 Å². The lowest BCUT2D eigenvalue weighted by Crippen LogP contribution is -2.41. The van der Waals surface area contributed by atoms with Crippen LogP contribution in [0.1, 0.15) is 42.4 Å². The van der Waals surface area contributed by atoms with E-state index in [0.29, 0.717) is 0 Å². The van der Waals surface area contributed by atoms with Crippen LogP contribution < -0.4 is 10.6 Å². The van der Waals surface area contributed by atoms with Crippen molar-refractivity contribution < 1.29 is 14.7 Å². The van der Waals surface area contributed by atoms with Crippen LogP contribution in [-0.2, 0) is 4.79 Å². The van der Waals surface area contributed by atoms with Gasteiger partial charge in [-0.25, -0.2) is 9.79 Å². The first-order chi connectivity index (χ1) is 15.0. The molecule has 2 aromatic rings. The fraction of sp³-hybridized carbons (Fsp3) is 0.348. The molecular weight excluding hydrogens is 426 g/mol. The second kappa shape index (κ2) is 10.3. The number of carbonyl (C=O) groups is 2. The molecule has 0 aliphatic carbocycles. The normalized spacial score (nSPS) is 17.1. The number of thiocarbonyl (C=S) groups is 1. The van der Waals surface area contributed by atoms with E-state index < -0.39 is 11.5 Å². The van der Waals surface area contributed by atoms with Crippen LogP contribution in [0.5, 0.6) is 0 Å². The maximum atomic E-state index is 12.0. The number of aromatic carboxylic acids is 1. The average molecular weight is 456 g/mol. The van der Waals surface area contributed by atoms with E-state index in [2.05, 4.69) is 39.7 Å². The number of hydrogen-bond donors (Lipinski definition) is 3. The molecular formula is C23H29N5O3S. The van der Waals surface area contributed by atoms with Gasteiger partial charge in [-0.3, -0.25) is 9.78 Å². The third-order valence-corrected chi connectivity index (χ3v) is 5.57. The fourth-order valence-corrected chi connectivity index (χ4v) is 2.89. The molecule has 170 valence electrons. The molecule has 9 heteroatoms. The molecule has 1 aliphatic heterocycles. The number of aromatic nitrogens is 1. The Morgan fingerprint density at radius 1 is 1.25 bits per heavy atom. The van der Waals surface area contributed by atoms with Crippen LogP contribution >= 0.6 is 12.2 Å². The van der Waals surface area contributed by atoms with Gasteiger partial charge in [0.1, 0.15) is 11.2 Å². The standard InChI is InChI=1S/C13H15N3O3.C10H14N2S/c1-7(2)13(3)12(19)15-10(16-13)9-8(11(17)18)5-4-6-14-9;1-8-5-4-6-9(7-8)11-10(13)12(2)3/h4-7H,1-3H3,(H,17,18)(H,15,16,19);4-7H,1-3H3,(H,11,13). The summed E-state index contributed by atoms with van der Waals surface area (Å²) in [5.74, 6) is -1.11. The van der Waals surface area contributed by atoms with Gasteiger partial charge < -0.3 is 20.6 Å². The zero-order valence-corrected chi connectivity index (χ0v) is 19.9. The molecule has 1 aromatic heterocycles. The SMILES string of the molecule is CC(C)C1(C)N=C(c2ncccc2C(=O)O)NC1=O.Cc1cccc(NC(=S)N(C)C)c1. The molecule has 1 amide bonds. The second-order valence-electron chi connectivity index (χ2n) is 8.12. The molecule has 0 fully saturated rings. The average Bonchev–Trinajstić information content (AvgIpc) is 3.04. The lowest BCUT2D eigenvalue weighted by atomic mass is 9.89. The maximum absolute atomic E-state index is 12.0. The van der Waals surface area contributed by atoms with Crippen molar-refractivity contribution in [3.05, 3.63) is 59.4 Å². The largest absolute Gasteiger partial charge is 0.478 e. The Labute approximate surface area is 193 Å². The second-order valence-corrected chi connectivity index (χ2v) is 8.50. The fourth-order valence-electron chi connectivity index (χ4n) is 2.77. The molecule has 0 spiro atoms. The van der Waals surface area contributed by atoms with Gasteiger partial charge in [-0.05, 0) is 61.8 Å². The zero-order chi connectivity index (χ0) is 24.1. The Bertz CT molecular complexity index is 1050. The summed E-state index contributed by atoms with van der Waals surface area (Å²) in [6.45, 7) is 7.57. The number of carboxylic acids is 1. The van der Waals surface area contributed by atoms with Gasteiger partial charge in [-0.1, -0.05) is 26.0 Å². The molecule has 1 aliphatic rings. The van der Waals surface area contributed by atoms with Crippen LogP contribution in [0.15, 0.2) is 47.6 Å². The van der Waals surface area contributed by atoms with Crippen LogP contribution in [0.3, 0.4) is 0 Å². The number of pyridine rings is 1. The predicted octanol–water partition coefficient (Wildman–Crippen LogP) is 3.32. The molecule has 0 saturated heterocycles. The van der Waals surface area contributed by atoms with Gasteiger partial charge in [0.15, 0.2) is 10.9 Å². The highest BCUT2D eigenvalue weighted by atomic mass is 32.1.